The number of rotatable bonds is 5. The molecular weight excluding hydrogens is 268 g/mol. The molecule has 0 N–H and O–H groups in total. The lowest BCUT2D eigenvalue weighted by atomic mass is 10.2. The number of carbonyl (C=O) groups is 1. The maximum absolute atomic E-state index is 11.7. The SMILES string of the molecule is CCOC(=O)c1cnc(C(C)S(C)(=O)=O)nc1CC. The zero-order chi connectivity index (χ0) is 14.6. The predicted octanol–water partition coefficient (Wildman–Crippen LogP) is 1.32. The average Bonchev–Trinajstić information content (AvgIpc) is 2.36. The third kappa shape index (κ3) is 3.73. The van der Waals surface area contributed by atoms with Crippen molar-refractivity contribution in [2.75, 3.05) is 12.9 Å². The second-order valence-electron chi connectivity index (χ2n) is 4.13. The minimum atomic E-state index is -3.27. The van der Waals surface area contributed by atoms with Crippen LogP contribution in [0, 0.1) is 0 Å². The summed E-state index contributed by atoms with van der Waals surface area (Å²) in [4.78, 5) is 19.8. The first-order valence-electron chi connectivity index (χ1n) is 6.03. The van der Waals surface area contributed by atoms with Crippen molar-refractivity contribution in [1.29, 1.82) is 0 Å². The monoisotopic (exact) mass is 286 g/mol. The van der Waals surface area contributed by atoms with E-state index in [2.05, 4.69) is 9.97 Å². The minimum absolute atomic E-state index is 0.201. The molecular formula is C12H18N2O4S. The molecule has 0 aliphatic carbocycles. The van der Waals surface area contributed by atoms with Crippen molar-refractivity contribution in [3.63, 3.8) is 0 Å². The van der Waals surface area contributed by atoms with Gasteiger partial charge in [0.25, 0.3) is 0 Å². The van der Waals surface area contributed by atoms with E-state index in [4.69, 9.17) is 4.74 Å². The summed E-state index contributed by atoms with van der Waals surface area (Å²) in [6.07, 6.45) is 2.97. The second kappa shape index (κ2) is 6.10. The van der Waals surface area contributed by atoms with Crippen molar-refractivity contribution in [3.8, 4) is 0 Å². The molecule has 0 aromatic carbocycles. The lowest BCUT2D eigenvalue weighted by Gasteiger charge is -2.11. The summed E-state index contributed by atoms with van der Waals surface area (Å²) in [7, 11) is -3.27. The molecule has 0 spiro atoms. The smallest absolute Gasteiger partial charge is 0.341 e. The highest BCUT2D eigenvalue weighted by Crippen LogP contribution is 2.18. The van der Waals surface area contributed by atoms with E-state index >= 15 is 0 Å². The summed E-state index contributed by atoms with van der Waals surface area (Å²) < 4.78 is 27.9. The Kier molecular flexibility index (Phi) is 4.99. The summed E-state index contributed by atoms with van der Waals surface area (Å²) in [5.74, 6) is -0.287. The van der Waals surface area contributed by atoms with Crippen LogP contribution in [0.25, 0.3) is 0 Å². The number of hydrogen-bond acceptors (Lipinski definition) is 6. The van der Waals surface area contributed by atoms with Crippen molar-refractivity contribution in [2.45, 2.75) is 32.4 Å². The zero-order valence-electron chi connectivity index (χ0n) is 11.5. The molecule has 19 heavy (non-hydrogen) atoms. The number of carbonyl (C=O) groups excluding carboxylic acids is 1. The van der Waals surface area contributed by atoms with Crippen molar-refractivity contribution in [2.24, 2.45) is 0 Å². The Bertz CT molecular complexity index is 569. The molecule has 0 aliphatic rings. The number of nitrogens with zero attached hydrogens (tertiary/aromatic N) is 2. The number of hydrogen-bond donors (Lipinski definition) is 0. The van der Waals surface area contributed by atoms with Gasteiger partial charge in [0, 0.05) is 12.5 Å². The van der Waals surface area contributed by atoms with Crippen LogP contribution in [-0.4, -0.2) is 37.2 Å². The van der Waals surface area contributed by atoms with Crippen LogP contribution in [0.4, 0.5) is 0 Å². The van der Waals surface area contributed by atoms with E-state index in [1.54, 1.807) is 6.92 Å². The van der Waals surface area contributed by atoms with E-state index in [-0.39, 0.29) is 18.0 Å². The van der Waals surface area contributed by atoms with E-state index in [9.17, 15) is 13.2 Å². The van der Waals surface area contributed by atoms with E-state index < -0.39 is 21.1 Å². The van der Waals surface area contributed by atoms with Crippen LogP contribution in [0.5, 0.6) is 0 Å². The Morgan fingerprint density at radius 3 is 2.53 bits per heavy atom. The van der Waals surface area contributed by atoms with E-state index in [0.29, 0.717) is 12.1 Å². The van der Waals surface area contributed by atoms with Crippen LogP contribution < -0.4 is 0 Å². The molecule has 0 radical (unpaired) electrons. The molecule has 1 rings (SSSR count). The summed E-state index contributed by atoms with van der Waals surface area (Å²) in [6, 6.07) is 0. The predicted molar refractivity (Wildman–Crippen MR) is 70.6 cm³/mol. The van der Waals surface area contributed by atoms with Gasteiger partial charge in [-0.3, -0.25) is 0 Å². The Balaban J connectivity index is 3.20. The number of sulfone groups is 1. The highest BCUT2D eigenvalue weighted by atomic mass is 32.2. The van der Waals surface area contributed by atoms with Crippen LogP contribution in [0.3, 0.4) is 0 Å². The van der Waals surface area contributed by atoms with Crippen molar-refractivity contribution >= 4 is 15.8 Å². The van der Waals surface area contributed by atoms with Crippen molar-refractivity contribution < 1.29 is 17.9 Å². The van der Waals surface area contributed by atoms with Gasteiger partial charge >= 0.3 is 5.97 Å². The van der Waals surface area contributed by atoms with Gasteiger partial charge in [-0.1, -0.05) is 6.92 Å². The number of aromatic nitrogens is 2. The summed E-state index contributed by atoms with van der Waals surface area (Å²) in [6.45, 7) is 5.34. The molecule has 0 amide bonds. The maximum Gasteiger partial charge on any atom is 0.341 e. The summed E-state index contributed by atoms with van der Waals surface area (Å²) in [5, 5.41) is -0.797. The standard InChI is InChI=1S/C12H18N2O4S/c1-5-10-9(12(15)18-6-2)7-13-11(14-10)8(3)19(4,16)17/h7-8H,5-6H2,1-4H3. The molecule has 106 valence electrons. The topological polar surface area (TPSA) is 86.2 Å². The van der Waals surface area contributed by atoms with E-state index in [1.165, 1.54) is 13.1 Å². The van der Waals surface area contributed by atoms with Crippen LogP contribution in [0.1, 0.15) is 47.9 Å². The quantitative estimate of drug-likeness (QED) is 0.759. The number of esters is 1. The summed E-state index contributed by atoms with van der Waals surface area (Å²) in [5.41, 5.74) is 0.785. The van der Waals surface area contributed by atoms with Gasteiger partial charge in [0.2, 0.25) is 0 Å². The van der Waals surface area contributed by atoms with Gasteiger partial charge < -0.3 is 4.74 Å². The maximum atomic E-state index is 11.7. The van der Waals surface area contributed by atoms with Gasteiger partial charge in [-0.2, -0.15) is 0 Å². The zero-order valence-corrected chi connectivity index (χ0v) is 12.3. The van der Waals surface area contributed by atoms with Gasteiger partial charge in [-0.15, -0.1) is 0 Å². The fraction of sp³-hybridized carbons (Fsp3) is 0.583. The molecule has 6 nitrogen and oxygen atoms in total. The first-order chi connectivity index (χ1) is 8.81. The van der Waals surface area contributed by atoms with Crippen LogP contribution >= 0.6 is 0 Å². The van der Waals surface area contributed by atoms with Crippen molar-refractivity contribution in [3.05, 3.63) is 23.3 Å². The second-order valence-corrected chi connectivity index (χ2v) is 6.50. The lowest BCUT2D eigenvalue weighted by Crippen LogP contribution is -2.16. The third-order valence-electron chi connectivity index (χ3n) is 2.72. The molecule has 1 unspecified atom stereocenters. The molecule has 0 aliphatic heterocycles. The Hall–Kier alpha value is -1.50. The molecule has 0 saturated carbocycles. The van der Waals surface area contributed by atoms with Gasteiger partial charge in [0.05, 0.1) is 17.9 Å². The minimum Gasteiger partial charge on any atom is -0.462 e. The number of aryl methyl sites for hydroxylation is 1. The Morgan fingerprint density at radius 1 is 1.42 bits per heavy atom. The van der Waals surface area contributed by atoms with Gasteiger partial charge in [0.15, 0.2) is 9.84 Å². The molecule has 1 heterocycles. The summed E-state index contributed by atoms with van der Waals surface area (Å²) >= 11 is 0. The Morgan fingerprint density at radius 2 is 2.05 bits per heavy atom. The molecule has 0 fully saturated rings. The van der Waals surface area contributed by atoms with Crippen LogP contribution in [0.2, 0.25) is 0 Å². The highest BCUT2D eigenvalue weighted by Gasteiger charge is 2.22. The molecule has 1 aromatic rings. The van der Waals surface area contributed by atoms with Gasteiger partial charge in [0.1, 0.15) is 11.1 Å². The fourth-order valence-corrected chi connectivity index (χ4v) is 1.97. The molecule has 1 atom stereocenters. The number of ether oxygens (including phenoxy) is 1. The molecule has 1 aromatic heterocycles. The first kappa shape index (κ1) is 15.6. The van der Waals surface area contributed by atoms with E-state index in [1.807, 2.05) is 6.92 Å². The van der Waals surface area contributed by atoms with Crippen LogP contribution in [-0.2, 0) is 21.0 Å². The molecule has 0 bridgehead atoms. The van der Waals surface area contributed by atoms with Gasteiger partial charge in [-0.05, 0) is 20.3 Å². The third-order valence-corrected chi connectivity index (χ3v) is 4.22. The fourth-order valence-electron chi connectivity index (χ4n) is 1.47. The highest BCUT2D eigenvalue weighted by molar-refractivity contribution is 7.90. The lowest BCUT2D eigenvalue weighted by molar-refractivity contribution is 0.0524. The van der Waals surface area contributed by atoms with Crippen LogP contribution in [0.15, 0.2) is 6.20 Å². The Labute approximate surface area is 113 Å². The molecule has 0 saturated heterocycles. The average molecular weight is 286 g/mol. The van der Waals surface area contributed by atoms with Gasteiger partial charge in [-0.25, -0.2) is 23.2 Å². The largest absolute Gasteiger partial charge is 0.462 e. The normalized spacial score (nSPS) is 13.1. The first-order valence-corrected chi connectivity index (χ1v) is 7.98. The van der Waals surface area contributed by atoms with E-state index in [0.717, 1.165) is 6.26 Å². The molecule has 7 heteroatoms. The van der Waals surface area contributed by atoms with Crippen molar-refractivity contribution in [1.82, 2.24) is 9.97 Å².